The fourth-order valence-electron chi connectivity index (χ4n) is 0.205. The average molecular weight is 262 g/mol. The van der Waals surface area contributed by atoms with Crippen molar-refractivity contribution in [2.45, 2.75) is 12.3 Å². The highest BCUT2D eigenvalue weighted by molar-refractivity contribution is 14.1. The molecule has 0 bridgehead atoms. The molecule has 9 heavy (non-hydrogen) atoms. The summed E-state index contributed by atoms with van der Waals surface area (Å²) in [5.41, 5.74) is 0. The summed E-state index contributed by atoms with van der Waals surface area (Å²) in [6, 6.07) is 0. The van der Waals surface area contributed by atoms with Crippen LogP contribution < -0.4 is 0 Å². The molecule has 0 aliphatic heterocycles. The van der Waals surface area contributed by atoms with Crippen LogP contribution in [0.25, 0.3) is 0 Å². The molecule has 0 heterocycles. The predicted octanol–water partition coefficient (Wildman–Crippen LogP) is 1.08. The molecule has 0 spiro atoms. The zero-order chi connectivity index (χ0) is 7.44. The number of hydrogen-bond acceptors (Lipinski definition) is 3. The summed E-state index contributed by atoms with van der Waals surface area (Å²) < 4.78 is 4.15. The van der Waals surface area contributed by atoms with E-state index in [4.69, 9.17) is 11.6 Å². The Morgan fingerprint density at radius 2 is 2.11 bits per heavy atom. The molecule has 3 nitrogen and oxygen atoms in total. The molecule has 0 aliphatic carbocycles. The molecule has 0 rings (SSSR count). The van der Waals surface area contributed by atoms with E-state index in [9.17, 15) is 9.59 Å². The lowest BCUT2D eigenvalue weighted by atomic mass is 10.3. The van der Waals surface area contributed by atoms with Crippen LogP contribution in [0.1, 0.15) is 6.92 Å². The van der Waals surface area contributed by atoms with E-state index in [0.29, 0.717) is 0 Å². The zero-order valence-electron chi connectivity index (χ0n) is 4.56. The summed E-state index contributed by atoms with van der Waals surface area (Å²) in [7, 11) is 0. The van der Waals surface area contributed by atoms with Gasteiger partial charge in [0.25, 0.3) is 0 Å². The monoisotopic (exact) mass is 262 g/mol. The first-order valence-electron chi connectivity index (χ1n) is 2.06. The van der Waals surface area contributed by atoms with E-state index in [1.165, 1.54) is 29.9 Å². The molecule has 0 radical (unpaired) electrons. The number of hydrogen-bond donors (Lipinski definition) is 0. The normalized spacial score (nSPS) is 12.3. The lowest BCUT2D eigenvalue weighted by Crippen LogP contribution is -2.21. The van der Waals surface area contributed by atoms with Crippen molar-refractivity contribution < 1.29 is 12.7 Å². The molecule has 0 aliphatic rings. The molecule has 5 heteroatoms. The fraction of sp³-hybridized carbons (Fsp3) is 0.500. The quantitative estimate of drug-likeness (QED) is 0.425. The van der Waals surface area contributed by atoms with Crippen LogP contribution in [0.2, 0.25) is 0 Å². The van der Waals surface area contributed by atoms with Crippen molar-refractivity contribution in [3.05, 3.63) is 0 Å². The highest BCUT2D eigenvalue weighted by Crippen LogP contribution is 2.02. The maximum Gasteiger partial charge on any atom is 0.341 e. The fourth-order valence-corrected chi connectivity index (χ4v) is 0.654. The van der Waals surface area contributed by atoms with E-state index in [-0.39, 0.29) is 0 Å². The van der Waals surface area contributed by atoms with Gasteiger partial charge in [0.1, 0.15) is 0 Å². The Bertz CT molecular complexity index is 136. The van der Waals surface area contributed by atoms with Gasteiger partial charge in [-0.25, -0.2) is 4.79 Å². The SMILES string of the molecule is CC(=O)C(Cl)C(=O)OI. The van der Waals surface area contributed by atoms with Crippen LogP contribution in [0.3, 0.4) is 0 Å². The Morgan fingerprint density at radius 3 is 2.22 bits per heavy atom. The van der Waals surface area contributed by atoms with Gasteiger partial charge in [0.05, 0.1) is 0 Å². The Labute approximate surface area is 71.4 Å². The number of rotatable bonds is 2. The van der Waals surface area contributed by atoms with Crippen molar-refractivity contribution in [2.24, 2.45) is 0 Å². The van der Waals surface area contributed by atoms with Crippen LogP contribution in [0.15, 0.2) is 0 Å². The molecule has 0 saturated carbocycles. The van der Waals surface area contributed by atoms with Crippen LogP contribution in [-0.4, -0.2) is 17.1 Å². The van der Waals surface area contributed by atoms with Gasteiger partial charge in [-0.05, 0) is 6.92 Å². The summed E-state index contributed by atoms with van der Waals surface area (Å²) in [5, 5.41) is -1.15. The first-order valence-corrected chi connectivity index (χ1v) is 3.38. The minimum atomic E-state index is -1.15. The Kier molecular flexibility index (Phi) is 4.12. The Balaban J connectivity index is 3.88. The zero-order valence-corrected chi connectivity index (χ0v) is 7.47. The van der Waals surface area contributed by atoms with Crippen molar-refractivity contribution in [3.8, 4) is 0 Å². The third kappa shape index (κ3) is 3.00. The molecule has 0 amide bonds. The molecule has 0 aromatic carbocycles. The van der Waals surface area contributed by atoms with Crippen LogP contribution in [0.5, 0.6) is 0 Å². The van der Waals surface area contributed by atoms with E-state index in [1.807, 2.05) is 0 Å². The first-order chi connectivity index (χ1) is 4.09. The molecule has 52 valence electrons. The standard InChI is InChI=1S/C4H4ClIO3/c1-2(7)3(5)4(8)9-6/h3H,1H3. The summed E-state index contributed by atoms with van der Waals surface area (Å²) in [4.78, 5) is 20.7. The van der Waals surface area contributed by atoms with Gasteiger partial charge in [0.15, 0.2) is 34.2 Å². The van der Waals surface area contributed by atoms with Gasteiger partial charge in [0.2, 0.25) is 0 Å². The smallest absolute Gasteiger partial charge is 0.341 e. The molecular formula is C4H4ClIO3. The summed E-state index contributed by atoms with van der Waals surface area (Å²) in [6.07, 6.45) is 0. The third-order valence-corrected chi connectivity index (χ3v) is 1.56. The number of ketones is 1. The summed E-state index contributed by atoms with van der Waals surface area (Å²) >= 11 is 6.61. The Hall–Kier alpha value is 0.160. The largest absolute Gasteiger partial charge is 0.393 e. The second kappa shape index (κ2) is 4.05. The highest BCUT2D eigenvalue weighted by Gasteiger charge is 2.20. The van der Waals surface area contributed by atoms with Crippen LogP contribution >= 0.6 is 34.6 Å². The molecule has 0 saturated heterocycles. The lowest BCUT2D eigenvalue weighted by Gasteiger charge is -1.97. The third-order valence-electron chi connectivity index (χ3n) is 0.640. The van der Waals surface area contributed by atoms with Crippen molar-refractivity contribution in [1.82, 2.24) is 0 Å². The van der Waals surface area contributed by atoms with E-state index < -0.39 is 17.1 Å². The maximum absolute atomic E-state index is 10.4. The lowest BCUT2D eigenvalue weighted by molar-refractivity contribution is -0.134. The minimum Gasteiger partial charge on any atom is -0.393 e. The molecule has 0 fully saturated rings. The van der Waals surface area contributed by atoms with Gasteiger partial charge < -0.3 is 3.07 Å². The number of Topliss-reactive ketones (excluding diaryl/α,β-unsaturated/α-hetero) is 1. The molecule has 0 aromatic rings. The predicted molar refractivity (Wildman–Crippen MR) is 40.4 cm³/mol. The Morgan fingerprint density at radius 1 is 1.67 bits per heavy atom. The number of halogens is 2. The van der Waals surface area contributed by atoms with E-state index >= 15 is 0 Å². The molecule has 1 atom stereocenters. The van der Waals surface area contributed by atoms with E-state index in [2.05, 4.69) is 3.07 Å². The summed E-state index contributed by atoms with van der Waals surface area (Å²) in [5.74, 6) is -1.12. The molecule has 1 unspecified atom stereocenters. The van der Waals surface area contributed by atoms with Crippen LogP contribution in [-0.2, 0) is 12.7 Å². The van der Waals surface area contributed by atoms with Gasteiger partial charge in [-0.3, -0.25) is 4.79 Å². The van der Waals surface area contributed by atoms with Crippen LogP contribution in [0.4, 0.5) is 0 Å². The van der Waals surface area contributed by atoms with E-state index in [1.54, 1.807) is 0 Å². The second-order valence-corrected chi connectivity index (χ2v) is 2.25. The van der Waals surface area contributed by atoms with Gasteiger partial charge in [0, 0.05) is 0 Å². The minimum absolute atomic E-state index is 0.404. The van der Waals surface area contributed by atoms with Gasteiger partial charge >= 0.3 is 5.97 Å². The second-order valence-electron chi connectivity index (χ2n) is 1.37. The molecule has 0 N–H and O–H groups in total. The number of carbonyl (C=O) groups excluding carboxylic acids is 2. The first kappa shape index (κ1) is 9.16. The number of carbonyl (C=O) groups is 2. The summed E-state index contributed by atoms with van der Waals surface area (Å²) in [6.45, 7) is 1.23. The number of alkyl halides is 1. The molecular weight excluding hydrogens is 258 g/mol. The van der Waals surface area contributed by atoms with Gasteiger partial charge in [-0.1, -0.05) is 0 Å². The average Bonchev–Trinajstić information content (AvgIpc) is 1.84. The highest BCUT2D eigenvalue weighted by atomic mass is 127. The van der Waals surface area contributed by atoms with Crippen molar-refractivity contribution in [1.29, 1.82) is 0 Å². The van der Waals surface area contributed by atoms with E-state index in [0.717, 1.165) is 0 Å². The molecule has 0 aromatic heterocycles. The van der Waals surface area contributed by atoms with Crippen molar-refractivity contribution >= 4 is 46.4 Å². The van der Waals surface area contributed by atoms with Crippen molar-refractivity contribution in [2.75, 3.05) is 0 Å². The maximum atomic E-state index is 10.4. The van der Waals surface area contributed by atoms with Crippen LogP contribution in [0, 0.1) is 0 Å². The topological polar surface area (TPSA) is 43.4 Å². The van der Waals surface area contributed by atoms with Gasteiger partial charge in [-0.15, -0.1) is 11.6 Å². The van der Waals surface area contributed by atoms with Gasteiger partial charge in [-0.2, -0.15) is 0 Å². The van der Waals surface area contributed by atoms with Crippen molar-refractivity contribution in [3.63, 3.8) is 0 Å².